The van der Waals surface area contributed by atoms with Gasteiger partial charge in [0, 0.05) is 34.2 Å². The first-order valence-corrected chi connectivity index (χ1v) is 10.8. The molecule has 5 heteroatoms. The molecule has 0 saturated carbocycles. The maximum Gasteiger partial charge on any atom is 0.128 e. The van der Waals surface area contributed by atoms with E-state index in [1.807, 2.05) is 109 Å². The molecule has 6 aromatic rings. The maximum absolute atomic E-state index is 8.99. The van der Waals surface area contributed by atoms with Crippen LogP contribution < -0.4 is 9.47 Å². The molecule has 34 heavy (non-hydrogen) atoms. The van der Waals surface area contributed by atoms with Crippen molar-refractivity contribution in [2.75, 3.05) is 0 Å². The summed E-state index contributed by atoms with van der Waals surface area (Å²) in [5, 5.41) is 11.0. The van der Waals surface area contributed by atoms with Crippen LogP contribution >= 0.6 is 0 Å². The molecule has 5 nitrogen and oxygen atoms in total. The first kappa shape index (κ1) is 20.9. The first-order chi connectivity index (χ1) is 16.8. The number of aromatic amines is 2. The SMILES string of the molecule is N#Cc1c[nH]c2ccc(Oc3ccccc3)cc12.c1ccc(Oc2ccc3[nH]ccc3c2)cc1. The molecule has 0 radical (unpaired) electrons. The lowest BCUT2D eigenvalue weighted by molar-refractivity contribution is 0.483. The Hall–Kier alpha value is -4.95. The minimum absolute atomic E-state index is 0.628. The molecule has 4 aromatic carbocycles. The number of ether oxygens (including phenoxy) is 2. The average Bonchev–Trinajstić information content (AvgIpc) is 3.52. The second-order valence-corrected chi connectivity index (χ2v) is 7.58. The Morgan fingerprint density at radius 3 is 1.85 bits per heavy atom. The van der Waals surface area contributed by atoms with Crippen LogP contribution in [0.4, 0.5) is 0 Å². The van der Waals surface area contributed by atoms with Crippen molar-refractivity contribution in [2.24, 2.45) is 0 Å². The van der Waals surface area contributed by atoms with Crippen molar-refractivity contribution in [3.05, 3.63) is 121 Å². The van der Waals surface area contributed by atoms with Crippen molar-refractivity contribution >= 4 is 21.8 Å². The molecule has 2 N–H and O–H groups in total. The van der Waals surface area contributed by atoms with Crippen LogP contribution in [0.5, 0.6) is 23.0 Å². The summed E-state index contributed by atoms with van der Waals surface area (Å²) in [4.78, 5) is 6.21. The molecule has 0 spiro atoms. The van der Waals surface area contributed by atoms with Gasteiger partial charge in [0.2, 0.25) is 0 Å². The van der Waals surface area contributed by atoms with Crippen molar-refractivity contribution in [1.29, 1.82) is 5.26 Å². The Morgan fingerprint density at radius 2 is 1.21 bits per heavy atom. The number of hydrogen-bond acceptors (Lipinski definition) is 3. The van der Waals surface area contributed by atoms with E-state index in [9.17, 15) is 0 Å². The van der Waals surface area contributed by atoms with Crippen LogP contribution in [0.1, 0.15) is 5.56 Å². The van der Waals surface area contributed by atoms with Gasteiger partial charge in [0.15, 0.2) is 0 Å². The van der Waals surface area contributed by atoms with Gasteiger partial charge in [-0.25, -0.2) is 0 Å². The zero-order chi connectivity index (χ0) is 23.2. The number of rotatable bonds is 4. The molecule has 2 heterocycles. The molecule has 0 aliphatic rings. The number of aromatic nitrogens is 2. The highest BCUT2D eigenvalue weighted by Gasteiger charge is 2.05. The fourth-order valence-corrected chi connectivity index (χ4v) is 3.60. The minimum Gasteiger partial charge on any atom is -0.457 e. The highest BCUT2D eigenvalue weighted by Crippen LogP contribution is 2.27. The summed E-state index contributed by atoms with van der Waals surface area (Å²) < 4.78 is 11.5. The molecule has 0 bridgehead atoms. The zero-order valence-corrected chi connectivity index (χ0v) is 18.2. The topological polar surface area (TPSA) is 73.8 Å². The van der Waals surface area contributed by atoms with Crippen LogP contribution in [0.2, 0.25) is 0 Å². The number of benzene rings is 4. The van der Waals surface area contributed by atoms with E-state index in [4.69, 9.17) is 14.7 Å². The largest absolute Gasteiger partial charge is 0.457 e. The van der Waals surface area contributed by atoms with Gasteiger partial charge in [-0.05, 0) is 66.7 Å². The second kappa shape index (κ2) is 9.68. The Labute approximate surface area is 196 Å². The van der Waals surface area contributed by atoms with Gasteiger partial charge in [-0.15, -0.1) is 0 Å². The number of para-hydroxylation sites is 2. The minimum atomic E-state index is 0.628. The number of nitriles is 1. The van der Waals surface area contributed by atoms with E-state index in [1.165, 1.54) is 0 Å². The molecule has 2 aromatic heterocycles. The molecule has 0 aliphatic carbocycles. The van der Waals surface area contributed by atoms with E-state index in [0.717, 1.165) is 44.8 Å². The Kier molecular flexibility index (Phi) is 5.96. The number of hydrogen-bond donors (Lipinski definition) is 2. The maximum atomic E-state index is 8.99. The Balaban J connectivity index is 0.000000142. The van der Waals surface area contributed by atoms with Crippen LogP contribution in [0.15, 0.2) is 116 Å². The fourth-order valence-electron chi connectivity index (χ4n) is 3.60. The smallest absolute Gasteiger partial charge is 0.128 e. The molecular formula is C29H21N3O2. The van der Waals surface area contributed by atoms with E-state index in [0.29, 0.717) is 5.56 Å². The highest BCUT2D eigenvalue weighted by atomic mass is 16.5. The lowest BCUT2D eigenvalue weighted by atomic mass is 10.2. The number of nitrogens with one attached hydrogen (secondary N) is 2. The summed E-state index contributed by atoms with van der Waals surface area (Å²) >= 11 is 0. The molecule has 0 unspecified atom stereocenters. The van der Waals surface area contributed by atoms with Gasteiger partial charge < -0.3 is 19.4 Å². The summed E-state index contributed by atoms with van der Waals surface area (Å²) in [5.41, 5.74) is 2.69. The summed E-state index contributed by atoms with van der Waals surface area (Å²) in [5.74, 6) is 3.23. The summed E-state index contributed by atoms with van der Waals surface area (Å²) in [7, 11) is 0. The van der Waals surface area contributed by atoms with Crippen LogP contribution in [-0.2, 0) is 0 Å². The average molecular weight is 444 g/mol. The molecule has 6 rings (SSSR count). The predicted molar refractivity (Wildman–Crippen MR) is 134 cm³/mol. The monoisotopic (exact) mass is 443 g/mol. The number of H-pyrrole nitrogens is 2. The molecule has 0 aliphatic heterocycles. The van der Waals surface area contributed by atoms with Crippen LogP contribution in [0, 0.1) is 11.3 Å². The van der Waals surface area contributed by atoms with Crippen molar-refractivity contribution in [3.8, 4) is 29.1 Å². The van der Waals surface area contributed by atoms with Crippen LogP contribution in [-0.4, -0.2) is 9.97 Å². The van der Waals surface area contributed by atoms with Gasteiger partial charge in [0.05, 0.1) is 5.56 Å². The standard InChI is InChI=1S/C15H10N2O.C14H11NO/c16-9-11-10-17-15-7-6-13(8-14(11)15)18-12-4-2-1-3-5-12;1-2-4-12(5-3-1)16-13-6-7-14-11(10-13)8-9-15-14/h1-8,10,17H;1-10,15H. The van der Waals surface area contributed by atoms with Crippen molar-refractivity contribution in [2.45, 2.75) is 0 Å². The lowest BCUT2D eigenvalue weighted by Gasteiger charge is -2.05. The number of fused-ring (bicyclic) bond motifs is 2. The molecule has 0 amide bonds. The van der Waals surface area contributed by atoms with Crippen LogP contribution in [0.3, 0.4) is 0 Å². The van der Waals surface area contributed by atoms with Gasteiger partial charge in [-0.3, -0.25) is 0 Å². The van der Waals surface area contributed by atoms with Gasteiger partial charge in [-0.1, -0.05) is 36.4 Å². The Bertz CT molecular complexity index is 1560. The van der Waals surface area contributed by atoms with Crippen molar-refractivity contribution in [3.63, 3.8) is 0 Å². The van der Waals surface area contributed by atoms with Gasteiger partial charge in [-0.2, -0.15) is 5.26 Å². The predicted octanol–water partition coefficient (Wildman–Crippen LogP) is 7.79. The highest BCUT2D eigenvalue weighted by molar-refractivity contribution is 5.87. The lowest BCUT2D eigenvalue weighted by Crippen LogP contribution is -1.83. The fraction of sp³-hybridized carbons (Fsp3) is 0. The molecular weight excluding hydrogens is 422 g/mol. The van der Waals surface area contributed by atoms with Gasteiger partial charge >= 0.3 is 0 Å². The number of nitrogens with zero attached hydrogens (tertiary/aromatic N) is 1. The Morgan fingerprint density at radius 1 is 0.588 bits per heavy atom. The summed E-state index contributed by atoms with van der Waals surface area (Å²) in [6.07, 6.45) is 3.63. The van der Waals surface area contributed by atoms with E-state index in [-0.39, 0.29) is 0 Å². The van der Waals surface area contributed by atoms with E-state index in [1.54, 1.807) is 6.20 Å². The van der Waals surface area contributed by atoms with E-state index >= 15 is 0 Å². The first-order valence-electron chi connectivity index (χ1n) is 10.8. The third kappa shape index (κ3) is 4.77. The van der Waals surface area contributed by atoms with Crippen molar-refractivity contribution in [1.82, 2.24) is 9.97 Å². The van der Waals surface area contributed by atoms with Gasteiger partial charge in [0.1, 0.15) is 29.1 Å². The van der Waals surface area contributed by atoms with Crippen molar-refractivity contribution < 1.29 is 9.47 Å². The third-order valence-electron chi connectivity index (χ3n) is 5.26. The molecule has 164 valence electrons. The summed E-state index contributed by atoms with van der Waals surface area (Å²) in [6, 6.07) is 35.2. The quantitative estimate of drug-likeness (QED) is 0.292. The zero-order valence-electron chi connectivity index (χ0n) is 18.2. The molecule has 0 fully saturated rings. The third-order valence-corrected chi connectivity index (χ3v) is 5.26. The van der Waals surface area contributed by atoms with E-state index < -0.39 is 0 Å². The van der Waals surface area contributed by atoms with Gasteiger partial charge in [0.25, 0.3) is 0 Å². The second-order valence-electron chi connectivity index (χ2n) is 7.58. The van der Waals surface area contributed by atoms with Crippen LogP contribution in [0.25, 0.3) is 21.8 Å². The molecule has 0 atom stereocenters. The molecule has 0 saturated heterocycles. The normalized spacial score (nSPS) is 10.3. The summed E-state index contributed by atoms with van der Waals surface area (Å²) in [6.45, 7) is 0. The van der Waals surface area contributed by atoms with E-state index in [2.05, 4.69) is 16.0 Å².